The molecular weight excluding hydrogens is 218 g/mol. The third kappa shape index (κ3) is 2.99. The molecule has 0 aliphatic heterocycles. The Kier molecular flexibility index (Phi) is 4.55. The summed E-state index contributed by atoms with van der Waals surface area (Å²) in [6.07, 6.45) is 2.50. The molecule has 1 fully saturated rings. The summed E-state index contributed by atoms with van der Waals surface area (Å²) in [4.78, 5) is 0. The van der Waals surface area contributed by atoms with Gasteiger partial charge in [-0.15, -0.1) is 0 Å². The topological polar surface area (TPSA) is 51.0 Å². The lowest BCUT2D eigenvalue weighted by Crippen LogP contribution is -2.49. The van der Waals surface area contributed by atoms with Gasteiger partial charge < -0.3 is 14.7 Å². The first-order valence-corrected chi connectivity index (χ1v) is 6.30. The van der Waals surface area contributed by atoms with Crippen LogP contribution in [0.5, 0.6) is 0 Å². The molecule has 0 aromatic rings. The number of methoxy groups -OCH3 is 1. The molecule has 0 radical (unpaired) electrons. The average Bonchev–Trinajstić information content (AvgIpc) is 2.28. The minimum absolute atomic E-state index is 0.210. The molecule has 2 atom stereocenters. The summed E-state index contributed by atoms with van der Waals surface area (Å²) in [5, 5.41) is 12.6. The second-order valence-electron chi connectivity index (χ2n) is 5.74. The van der Waals surface area contributed by atoms with Gasteiger partial charge in [-0.25, -0.2) is 0 Å². The number of oxime groups is 1. The van der Waals surface area contributed by atoms with Crippen LogP contribution in [0.3, 0.4) is 0 Å². The van der Waals surface area contributed by atoms with Crippen molar-refractivity contribution in [2.75, 3.05) is 13.7 Å². The van der Waals surface area contributed by atoms with Crippen molar-refractivity contribution in [1.82, 2.24) is 0 Å². The van der Waals surface area contributed by atoms with E-state index in [9.17, 15) is 5.21 Å². The fourth-order valence-corrected chi connectivity index (χ4v) is 2.52. The third-order valence-electron chi connectivity index (χ3n) is 3.75. The minimum Gasteiger partial charge on any atom is -0.411 e. The Labute approximate surface area is 104 Å². The summed E-state index contributed by atoms with van der Waals surface area (Å²) >= 11 is 0. The first-order valence-electron chi connectivity index (χ1n) is 6.30. The molecule has 1 aliphatic rings. The zero-order chi connectivity index (χ0) is 13.1. The van der Waals surface area contributed by atoms with Gasteiger partial charge in [-0.2, -0.15) is 0 Å². The van der Waals surface area contributed by atoms with Crippen LogP contribution in [0.25, 0.3) is 0 Å². The second-order valence-corrected chi connectivity index (χ2v) is 5.74. The standard InChI is InChI=1S/C13H25NO3/c1-6-17-13(16-5)8-7-10(12(2,3)4)9-11(13)14-15/h10,15H,6-9H2,1-5H3. The Balaban J connectivity index is 2.88. The van der Waals surface area contributed by atoms with Crippen LogP contribution in [0.15, 0.2) is 5.16 Å². The molecule has 0 saturated heterocycles. The molecule has 0 aromatic heterocycles. The smallest absolute Gasteiger partial charge is 0.211 e. The molecule has 1 rings (SSSR count). The summed E-state index contributed by atoms with van der Waals surface area (Å²) in [6.45, 7) is 9.12. The second kappa shape index (κ2) is 5.36. The van der Waals surface area contributed by atoms with Crippen LogP contribution in [-0.4, -0.2) is 30.4 Å². The number of rotatable bonds is 3. The van der Waals surface area contributed by atoms with Gasteiger partial charge in [-0.1, -0.05) is 25.9 Å². The molecule has 1 saturated carbocycles. The van der Waals surface area contributed by atoms with E-state index in [2.05, 4.69) is 25.9 Å². The van der Waals surface area contributed by atoms with Gasteiger partial charge >= 0.3 is 0 Å². The lowest BCUT2D eigenvalue weighted by Gasteiger charge is -2.42. The highest BCUT2D eigenvalue weighted by Gasteiger charge is 2.45. The monoisotopic (exact) mass is 243 g/mol. The van der Waals surface area contributed by atoms with Crippen molar-refractivity contribution in [3.8, 4) is 0 Å². The maximum atomic E-state index is 9.20. The quantitative estimate of drug-likeness (QED) is 0.471. The van der Waals surface area contributed by atoms with Gasteiger partial charge in [-0.3, -0.25) is 0 Å². The predicted molar refractivity (Wildman–Crippen MR) is 67.4 cm³/mol. The Bertz CT molecular complexity index is 283. The Morgan fingerprint density at radius 1 is 1.47 bits per heavy atom. The fourth-order valence-electron chi connectivity index (χ4n) is 2.52. The van der Waals surface area contributed by atoms with Crippen LogP contribution in [-0.2, 0) is 9.47 Å². The average molecular weight is 243 g/mol. The molecule has 0 aromatic carbocycles. The highest BCUT2D eigenvalue weighted by molar-refractivity contribution is 5.91. The van der Waals surface area contributed by atoms with Crippen LogP contribution in [0.1, 0.15) is 47.0 Å². The molecule has 0 spiro atoms. The fraction of sp³-hybridized carbons (Fsp3) is 0.923. The van der Waals surface area contributed by atoms with E-state index in [4.69, 9.17) is 9.47 Å². The van der Waals surface area contributed by atoms with Gasteiger partial charge in [-0.05, 0) is 31.1 Å². The molecule has 17 heavy (non-hydrogen) atoms. The summed E-state index contributed by atoms with van der Waals surface area (Å²) in [7, 11) is 1.61. The van der Waals surface area contributed by atoms with Gasteiger partial charge in [0.15, 0.2) is 0 Å². The molecule has 100 valence electrons. The van der Waals surface area contributed by atoms with Crippen molar-refractivity contribution in [3.63, 3.8) is 0 Å². The van der Waals surface area contributed by atoms with E-state index >= 15 is 0 Å². The van der Waals surface area contributed by atoms with Crippen LogP contribution in [0, 0.1) is 11.3 Å². The molecule has 1 aliphatic carbocycles. The zero-order valence-electron chi connectivity index (χ0n) is 11.6. The van der Waals surface area contributed by atoms with Crippen LogP contribution in [0.2, 0.25) is 0 Å². The highest BCUT2D eigenvalue weighted by atomic mass is 16.7. The maximum Gasteiger partial charge on any atom is 0.211 e. The van der Waals surface area contributed by atoms with Gasteiger partial charge in [0.1, 0.15) is 5.71 Å². The first-order chi connectivity index (χ1) is 7.89. The Hall–Kier alpha value is -0.610. The molecule has 0 heterocycles. The van der Waals surface area contributed by atoms with E-state index < -0.39 is 5.79 Å². The summed E-state index contributed by atoms with van der Waals surface area (Å²) in [6, 6.07) is 0. The van der Waals surface area contributed by atoms with Crippen molar-refractivity contribution in [1.29, 1.82) is 0 Å². The van der Waals surface area contributed by atoms with E-state index in [0.717, 1.165) is 19.3 Å². The van der Waals surface area contributed by atoms with Gasteiger partial charge in [0.05, 0.1) is 0 Å². The van der Waals surface area contributed by atoms with Crippen LogP contribution < -0.4 is 0 Å². The zero-order valence-corrected chi connectivity index (χ0v) is 11.6. The third-order valence-corrected chi connectivity index (χ3v) is 3.75. The van der Waals surface area contributed by atoms with E-state index in [0.29, 0.717) is 18.2 Å². The normalized spacial score (nSPS) is 33.0. The molecule has 0 amide bonds. The lowest BCUT2D eigenvalue weighted by molar-refractivity contribution is -0.184. The van der Waals surface area contributed by atoms with Crippen LogP contribution in [0.4, 0.5) is 0 Å². The Morgan fingerprint density at radius 2 is 2.12 bits per heavy atom. The van der Waals surface area contributed by atoms with E-state index in [1.165, 1.54) is 0 Å². The van der Waals surface area contributed by atoms with Crippen LogP contribution >= 0.6 is 0 Å². The number of hydrogen-bond acceptors (Lipinski definition) is 4. The summed E-state index contributed by atoms with van der Waals surface area (Å²) in [5.41, 5.74) is 0.829. The van der Waals surface area contributed by atoms with Crippen molar-refractivity contribution < 1.29 is 14.7 Å². The van der Waals surface area contributed by atoms with E-state index in [1.54, 1.807) is 7.11 Å². The SMILES string of the molecule is CCOC1(OC)CCC(C(C)(C)C)CC1=NO. The van der Waals surface area contributed by atoms with Gasteiger partial charge in [0.2, 0.25) is 5.79 Å². The molecule has 0 bridgehead atoms. The van der Waals surface area contributed by atoms with Crippen molar-refractivity contribution in [2.45, 2.75) is 52.7 Å². The van der Waals surface area contributed by atoms with Crippen molar-refractivity contribution in [2.24, 2.45) is 16.5 Å². The number of nitrogens with zero attached hydrogens (tertiary/aromatic N) is 1. The first kappa shape index (κ1) is 14.5. The van der Waals surface area contributed by atoms with Gasteiger partial charge in [0.25, 0.3) is 0 Å². The highest BCUT2D eigenvalue weighted by Crippen LogP contribution is 2.41. The Morgan fingerprint density at radius 3 is 2.53 bits per heavy atom. The van der Waals surface area contributed by atoms with E-state index in [-0.39, 0.29) is 5.41 Å². The number of ether oxygens (including phenoxy) is 2. The molecule has 1 N–H and O–H groups in total. The number of hydrogen-bond donors (Lipinski definition) is 1. The van der Waals surface area contributed by atoms with E-state index in [1.807, 2.05) is 6.92 Å². The molecule has 4 heteroatoms. The van der Waals surface area contributed by atoms with Crippen molar-refractivity contribution >= 4 is 5.71 Å². The largest absolute Gasteiger partial charge is 0.411 e. The lowest BCUT2D eigenvalue weighted by atomic mass is 9.70. The van der Waals surface area contributed by atoms with Crippen molar-refractivity contribution in [3.05, 3.63) is 0 Å². The minimum atomic E-state index is -0.814. The molecular formula is C13H25NO3. The molecule has 4 nitrogen and oxygen atoms in total. The summed E-state index contributed by atoms with van der Waals surface area (Å²) < 4.78 is 11.1. The summed E-state index contributed by atoms with van der Waals surface area (Å²) in [5.74, 6) is -0.317. The maximum absolute atomic E-state index is 9.20. The van der Waals surface area contributed by atoms with Gasteiger partial charge in [0, 0.05) is 20.1 Å². The predicted octanol–water partition coefficient (Wildman–Crippen LogP) is 3.04. The molecule has 2 unspecified atom stereocenters.